The van der Waals surface area contributed by atoms with Crippen molar-refractivity contribution in [2.24, 2.45) is 0 Å². The van der Waals surface area contributed by atoms with Crippen LogP contribution in [0.2, 0.25) is 0 Å². The zero-order valence-corrected chi connectivity index (χ0v) is 23.3. The Bertz CT molecular complexity index is 506. The smallest absolute Gasteiger partial charge is 0.329 e. The molecule has 0 fully saturated rings. The molecule has 0 heterocycles. The third kappa shape index (κ3) is 23.3. The fraction of sp³-hybridized carbons (Fsp3) is 0.962. The van der Waals surface area contributed by atoms with Crippen LogP contribution in [0.4, 0.5) is 0 Å². The largest absolute Gasteiger partial charge is 0.457 e. The summed E-state index contributed by atoms with van der Waals surface area (Å²) in [5.41, 5.74) is 0. The highest BCUT2D eigenvalue weighted by atomic mass is 31.2. The molecule has 0 aromatic heterocycles. The van der Waals surface area contributed by atoms with Gasteiger partial charge in [-0.1, -0.05) is 104 Å². The van der Waals surface area contributed by atoms with Gasteiger partial charge in [-0.25, -0.2) is 0 Å². The first-order valence-electron chi connectivity index (χ1n) is 13.8. The summed E-state index contributed by atoms with van der Waals surface area (Å²) < 4.78 is 28.1. The number of carbonyl (C=O) groups excluding carboxylic acids is 1. The number of rotatable bonds is 26. The molecule has 0 aromatic carbocycles. The summed E-state index contributed by atoms with van der Waals surface area (Å²) >= 11 is 0. The Morgan fingerprint density at radius 3 is 1.79 bits per heavy atom. The highest BCUT2D eigenvalue weighted by molar-refractivity contribution is 7.52. The maximum atomic E-state index is 12.0. The van der Waals surface area contributed by atoms with E-state index in [4.69, 9.17) is 14.0 Å². The van der Waals surface area contributed by atoms with E-state index in [0.29, 0.717) is 13.2 Å². The maximum Gasteiger partial charge on any atom is 0.329 e. The molecule has 0 amide bonds. The summed E-state index contributed by atoms with van der Waals surface area (Å²) in [6.45, 7) is 4.99. The van der Waals surface area contributed by atoms with Crippen LogP contribution in [0.5, 0.6) is 0 Å². The van der Waals surface area contributed by atoms with Crippen LogP contribution in [-0.4, -0.2) is 56.5 Å². The molecule has 0 aromatic rings. The molecule has 0 aliphatic heterocycles. The van der Waals surface area contributed by atoms with Gasteiger partial charge in [0.2, 0.25) is 0 Å². The average Bonchev–Trinajstić information content (AvgIpc) is 2.82. The average molecular weight is 508 g/mol. The van der Waals surface area contributed by atoms with Crippen molar-refractivity contribution in [1.29, 1.82) is 0 Å². The molecule has 204 valence electrons. The lowest BCUT2D eigenvalue weighted by atomic mass is 10.0. The maximum absolute atomic E-state index is 12.0. The van der Waals surface area contributed by atoms with E-state index in [9.17, 15) is 14.3 Å². The van der Waals surface area contributed by atoms with Crippen LogP contribution < -0.4 is 5.32 Å². The van der Waals surface area contributed by atoms with E-state index >= 15 is 0 Å². The van der Waals surface area contributed by atoms with Gasteiger partial charge in [0.25, 0.3) is 0 Å². The van der Waals surface area contributed by atoms with Crippen molar-refractivity contribution >= 4 is 13.6 Å². The fourth-order valence-electron chi connectivity index (χ4n) is 3.69. The number of esters is 1. The Morgan fingerprint density at radius 2 is 1.32 bits per heavy atom. The molecule has 2 atom stereocenters. The van der Waals surface area contributed by atoms with Gasteiger partial charge in [-0.15, -0.1) is 0 Å². The molecule has 0 spiro atoms. The summed E-state index contributed by atoms with van der Waals surface area (Å²) in [7, 11) is -2.00. The molecule has 0 rings (SSSR count). The highest BCUT2D eigenvalue weighted by Gasteiger charge is 2.23. The quantitative estimate of drug-likeness (QED) is 0.0772. The van der Waals surface area contributed by atoms with Crippen molar-refractivity contribution in [3.8, 4) is 0 Å². The van der Waals surface area contributed by atoms with Crippen molar-refractivity contribution in [3.63, 3.8) is 0 Å². The highest BCUT2D eigenvalue weighted by Crippen LogP contribution is 2.41. The van der Waals surface area contributed by atoms with Gasteiger partial charge >= 0.3 is 13.6 Å². The first-order valence-corrected chi connectivity index (χ1v) is 15.6. The van der Waals surface area contributed by atoms with Crippen molar-refractivity contribution in [1.82, 2.24) is 5.32 Å². The van der Waals surface area contributed by atoms with Gasteiger partial charge < -0.3 is 24.2 Å². The van der Waals surface area contributed by atoms with Gasteiger partial charge in [0, 0.05) is 19.6 Å². The van der Waals surface area contributed by atoms with Gasteiger partial charge in [-0.3, -0.25) is 9.36 Å². The van der Waals surface area contributed by atoms with Crippen LogP contribution in [0.15, 0.2) is 0 Å². The van der Waals surface area contributed by atoms with Crippen LogP contribution >= 0.6 is 7.60 Å². The van der Waals surface area contributed by atoms with Crippen molar-refractivity contribution in [2.75, 3.05) is 39.6 Å². The zero-order chi connectivity index (χ0) is 25.3. The van der Waals surface area contributed by atoms with E-state index in [0.717, 1.165) is 12.8 Å². The lowest BCUT2D eigenvalue weighted by molar-refractivity contribution is -0.153. The van der Waals surface area contributed by atoms with Gasteiger partial charge in [0.1, 0.15) is 6.10 Å². The fourth-order valence-corrected chi connectivity index (χ4v) is 4.73. The summed E-state index contributed by atoms with van der Waals surface area (Å²) in [5, 5.41) is 2.82. The number of ether oxygens (including phenoxy) is 2. The third-order valence-electron chi connectivity index (χ3n) is 5.89. The molecule has 8 heteroatoms. The van der Waals surface area contributed by atoms with Gasteiger partial charge in [-0.05, 0) is 13.5 Å². The Kier molecular flexibility index (Phi) is 23.9. The second-order valence-corrected chi connectivity index (χ2v) is 11.2. The van der Waals surface area contributed by atoms with Crippen LogP contribution in [-0.2, 0) is 23.4 Å². The van der Waals surface area contributed by atoms with Gasteiger partial charge in [0.05, 0.1) is 19.4 Å². The first-order chi connectivity index (χ1) is 16.4. The van der Waals surface area contributed by atoms with Crippen LogP contribution in [0.3, 0.4) is 0 Å². The van der Waals surface area contributed by atoms with Gasteiger partial charge in [0.15, 0.2) is 0 Å². The molecule has 2 N–H and O–H groups in total. The molecule has 0 bridgehead atoms. The van der Waals surface area contributed by atoms with E-state index in [1.54, 1.807) is 14.0 Å². The van der Waals surface area contributed by atoms with E-state index in [-0.39, 0.29) is 31.8 Å². The minimum atomic E-state index is -3.70. The van der Waals surface area contributed by atoms with E-state index in [1.165, 1.54) is 83.5 Å². The van der Waals surface area contributed by atoms with Crippen molar-refractivity contribution in [2.45, 2.75) is 123 Å². The third-order valence-corrected chi connectivity index (χ3v) is 7.23. The molecule has 0 aliphatic carbocycles. The number of nitrogens with one attached hydrogen (secondary N) is 1. The molecule has 0 saturated carbocycles. The molecule has 0 saturated heterocycles. The Hall–Kier alpha value is -0.460. The second kappa shape index (κ2) is 24.2. The lowest BCUT2D eigenvalue weighted by Crippen LogP contribution is -2.28. The standard InChI is InChI=1S/C26H54NO6P/c1-4-6-7-8-9-10-11-12-13-14-15-16-17-18-19-21-31-23-25(33-26(28)5-2)24-32-34(29,30)22-20-27-3/h25,27H,4-24H2,1-3H3,(H,29,30). The molecular formula is C26H54NO6P. The number of unbranched alkanes of at least 4 members (excludes halogenated alkanes) is 14. The summed E-state index contributed by atoms with van der Waals surface area (Å²) in [5.74, 6) is -0.368. The number of hydrogen-bond acceptors (Lipinski definition) is 6. The summed E-state index contributed by atoms with van der Waals surface area (Å²) in [6.07, 6.45) is 19.4. The first kappa shape index (κ1) is 33.5. The normalized spacial score (nSPS) is 14.1. The van der Waals surface area contributed by atoms with E-state index in [2.05, 4.69) is 12.2 Å². The molecule has 0 radical (unpaired) electrons. The molecular weight excluding hydrogens is 453 g/mol. The summed E-state index contributed by atoms with van der Waals surface area (Å²) in [6, 6.07) is 0. The van der Waals surface area contributed by atoms with Crippen LogP contribution in [0.25, 0.3) is 0 Å². The Labute approximate surface area is 209 Å². The minimum absolute atomic E-state index is 0.0118. The zero-order valence-electron chi connectivity index (χ0n) is 22.4. The predicted molar refractivity (Wildman–Crippen MR) is 140 cm³/mol. The molecule has 2 unspecified atom stereocenters. The molecule has 34 heavy (non-hydrogen) atoms. The Balaban J connectivity index is 3.69. The molecule has 7 nitrogen and oxygen atoms in total. The van der Waals surface area contributed by atoms with Crippen molar-refractivity contribution < 1.29 is 28.3 Å². The van der Waals surface area contributed by atoms with Crippen molar-refractivity contribution in [3.05, 3.63) is 0 Å². The molecule has 0 aliphatic rings. The number of hydrogen-bond donors (Lipinski definition) is 2. The van der Waals surface area contributed by atoms with Crippen LogP contribution in [0, 0.1) is 0 Å². The summed E-state index contributed by atoms with van der Waals surface area (Å²) in [4.78, 5) is 21.4. The SMILES string of the molecule is CCCCCCCCCCCCCCCCCOCC(COP(=O)(O)CCNC)OC(=O)CC. The van der Waals surface area contributed by atoms with E-state index < -0.39 is 13.7 Å². The second-order valence-electron chi connectivity index (χ2n) is 9.25. The topological polar surface area (TPSA) is 94.1 Å². The Morgan fingerprint density at radius 1 is 0.824 bits per heavy atom. The minimum Gasteiger partial charge on any atom is -0.457 e. The van der Waals surface area contributed by atoms with Gasteiger partial charge in [-0.2, -0.15) is 0 Å². The lowest BCUT2D eigenvalue weighted by Gasteiger charge is -2.20. The monoisotopic (exact) mass is 507 g/mol. The van der Waals surface area contributed by atoms with E-state index in [1.807, 2.05) is 0 Å². The predicted octanol–water partition coefficient (Wildman–Crippen LogP) is 6.62. The number of carbonyl (C=O) groups is 1. The van der Waals surface area contributed by atoms with Crippen LogP contribution in [0.1, 0.15) is 117 Å².